The molecule has 1 rings (SSSR count). The molecular formula is C21H40N2+2. The first kappa shape index (κ1) is 20.2. The minimum atomic E-state index is 1.17. The van der Waals surface area contributed by atoms with E-state index >= 15 is 0 Å². The number of hydrogen-bond donors (Lipinski definition) is 0. The molecule has 2 nitrogen and oxygen atoms in total. The monoisotopic (exact) mass is 320 g/mol. The van der Waals surface area contributed by atoms with E-state index in [1.807, 2.05) is 0 Å². The zero-order valence-electron chi connectivity index (χ0n) is 16.4. The molecule has 0 spiro atoms. The molecule has 0 aliphatic heterocycles. The van der Waals surface area contributed by atoms with E-state index in [-0.39, 0.29) is 0 Å². The molecule has 0 amide bonds. The van der Waals surface area contributed by atoms with Crippen LogP contribution in [0.25, 0.3) is 0 Å². The Hall–Kier alpha value is -0.890. The predicted octanol–water partition coefficient (Wildman–Crippen LogP) is 4.81. The lowest BCUT2D eigenvalue weighted by Crippen LogP contribution is -2.39. The largest absolute Gasteiger partial charge is 0.329 e. The van der Waals surface area contributed by atoms with Gasteiger partial charge < -0.3 is 4.48 Å². The molecule has 0 fully saturated rings. The second-order valence-electron chi connectivity index (χ2n) is 7.93. The predicted molar refractivity (Wildman–Crippen MR) is 101 cm³/mol. The lowest BCUT2D eigenvalue weighted by Gasteiger charge is -2.28. The number of unbranched alkanes of at least 4 members (excludes halogenated alkanes) is 7. The number of pyridine rings is 1. The Balaban J connectivity index is 1.96. The highest BCUT2D eigenvalue weighted by atomic mass is 15.3. The van der Waals surface area contributed by atoms with Gasteiger partial charge >= 0.3 is 0 Å². The van der Waals surface area contributed by atoms with Crippen molar-refractivity contribution < 1.29 is 9.05 Å². The number of aryl methyl sites for hydroxylation is 3. The summed E-state index contributed by atoms with van der Waals surface area (Å²) < 4.78 is 3.54. The van der Waals surface area contributed by atoms with Gasteiger partial charge in [0.25, 0.3) is 0 Å². The standard InChI is InChI=1S/C21H40N2/c1-6-23(4,5)16-14-12-10-8-7-9-11-13-15-22-18-20(2)17-21(3)19-22/h17-19H,6-16H2,1-5H3/q+2. The molecule has 0 unspecified atom stereocenters. The van der Waals surface area contributed by atoms with Gasteiger partial charge in [0.15, 0.2) is 12.4 Å². The highest BCUT2D eigenvalue weighted by molar-refractivity contribution is 5.11. The topological polar surface area (TPSA) is 3.88 Å². The highest BCUT2D eigenvalue weighted by Crippen LogP contribution is 2.10. The second kappa shape index (κ2) is 10.8. The van der Waals surface area contributed by atoms with Gasteiger partial charge in [0.1, 0.15) is 6.54 Å². The summed E-state index contributed by atoms with van der Waals surface area (Å²) in [7, 11) is 4.68. The molecule has 2 heteroatoms. The minimum Gasteiger partial charge on any atom is -0.329 e. The number of rotatable bonds is 12. The van der Waals surface area contributed by atoms with Crippen molar-refractivity contribution in [2.24, 2.45) is 0 Å². The fourth-order valence-corrected chi connectivity index (χ4v) is 3.18. The van der Waals surface area contributed by atoms with Gasteiger partial charge in [-0.1, -0.05) is 25.7 Å². The van der Waals surface area contributed by atoms with Gasteiger partial charge in [-0.05, 0) is 46.1 Å². The molecule has 1 aromatic rings. The molecule has 0 aliphatic rings. The van der Waals surface area contributed by atoms with Crippen LogP contribution in [0.4, 0.5) is 0 Å². The van der Waals surface area contributed by atoms with Gasteiger partial charge in [0.2, 0.25) is 0 Å². The average Bonchev–Trinajstić information content (AvgIpc) is 2.48. The van der Waals surface area contributed by atoms with Crippen LogP contribution in [0.15, 0.2) is 18.5 Å². The maximum Gasteiger partial charge on any atom is 0.171 e. The van der Waals surface area contributed by atoms with E-state index in [0.29, 0.717) is 0 Å². The Kier molecular flexibility index (Phi) is 9.47. The van der Waals surface area contributed by atoms with Gasteiger partial charge in [0, 0.05) is 17.5 Å². The third-order valence-corrected chi connectivity index (χ3v) is 4.98. The summed E-state index contributed by atoms with van der Waals surface area (Å²) >= 11 is 0. The molecule has 1 heterocycles. The average molecular weight is 321 g/mol. The fraction of sp³-hybridized carbons (Fsp3) is 0.762. The van der Waals surface area contributed by atoms with Gasteiger partial charge in [-0.3, -0.25) is 0 Å². The smallest absolute Gasteiger partial charge is 0.171 e. The second-order valence-corrected chi connectivity index (χ2v) is 7.93. The Morgan fingerprint density at radius 1 is 0.783 bits per heavy atom. The summed E-state index contributed by atoms with van der Waals surface area (Å²) in [6.45, 7) is 10.4. The molecule has 0 bridgehead atoms. The summed E-state index contributed by atoms with van der Waals surface area (Å²) in [5.74, 6) is 0. The van der Waals surface area contributed by atoms with Crippen LogP contribution in [-0.2, 0) is 6.54 Å². The number of nitrogens with zero attached hydrogens (tertiary/aromatic N) is 2. The van der Waals surface area contributed by atoms with Gasteiger partial charge in [-0.15, -0.1) is 0 Å². The van der Waals surface area contributed by atoms with Gasteiger partial charge in [-0.25, -0.2) is 4.57 Å². The molecule has 0 atom stereocenters. The first-order valence-corrected chi connectivity index (χ1v) is 9.72. The molecule has 132 valence electrons. The lowest BCUT2D eigenvalue weighted by atomic mass is 10.1. The van der Waals surface area contributed by atoms with Crippen LogP contribution in [0, 0.1) is 13.8 Å². The lowest BCUT2D eigenvalue weighted by molar-refractivity contribution is -0.888. The molecule has 1 aromatic heterocycles. The normalized spacial score (nSPS) is 11.9. The van der Waals surface area contributed by atoms with E-state index < -0.39 is 0 Å². The quantitative estimate of drug-likeness (QED) is 0.296. The van der Waals surface area contributed by atoms with Gasteiger partial charge in [0.05, 0.1) is 27.2 Å². The zero-order chi connectivity index (χ0) is 17.1. The molecule has 0 N–H and O–H groups in total. The molecule has 0 saturated carbocycles. The van der Waals surface area contributed by atoms with Crippen molar-refractivity contribution in [3.05, 3.63) is 29.6 Å². The Morgan fingerprint density at radius 3 is 1.78 bits per heavy atom. The number of hydrogen-bond acceptors (Lipinski definition) is 0. The van der Waals surface area contributed by atoms with Crippen LogP contribution in [-0.4, -0.2) is 31.7 Å². The Labute approximate surface area is 145 Å². The van der Waals surface area contributed by atoms with E-state index in [4.69, 9.17) is 0 Å². The molecule has 23 heavy (non-hydrogen) atoms. The summed E-state index contributed by atoms with van der Waals surface area (Å²) in [6.07, 6.45) is 15.7. The Bertz CT molecular complexity index is 417. The first-order chi connectivity index (χ1) is 10.9. The van der Waals surface area contributed by atoms with E-state index in [1.54, 1.807) is 0 Å². The van der Waals surface area contributed by atoms with Crippen molar-refractivity contribution >= 4 is 0 Å². The van der Waals surface area contributed by atoms with Crippen molar-refractivity contribution in [1.29, 1.82) is 0 Å². The van der Waals surface area contributed by atoms with Crippen LogP contribution in [0.3, 0.4) is 0 Å². The van der Waals surface area contributed by atoms with Gasteiger partial charge in [-0.2, -0.15) is 0 Å². The minimum absolute atomic E-state index is 1.17. The van der Waals surface area contributed by atoms with E-state index in [0.717, 1.165) is 0 Å². The maximum atomic E-state index is 2.36. The molecule has 0 aromatic carbocycles. The number of quaternary nitrogens is 1. The van der Waals surface area contributed by atoms with E-state index in [1.165, 1.54) is 86.6 Å². The highest BCUT2D eigenvalue weighted by Gasteiger charge is 2.10. The van der Waals surface area contributed by atoms with Crippen molar-refractivity contribution in [2.45, 2.75) is 78.7 Å². The molecule has 0 saturated heterocycles. The van der Waals surface area contributed by atoms with Crippen LogP contribution in [0.1, 0.15) is 69.4 Å². The summed E-state index contributed by atoms with van der Waals surface area (Å²) in [5, 5.41) is 0. The summed E-state index contributed by atoms with van der Waals surface area (Å²) in [4.78, 5) is 0. The summed E-state index contributed by atoms with van der Waals surface area (Å²) in [5.41, 5.74) is 2.74. The SMILES string of the molecule is CC[N+](C)(C)CCCCCCCCCC[n+]1cc(C)cc(C)c1. The first-order valence-electron chi connectivity index (χ1n) is 9.72. The summed E-state index contributed by atoms with van der Waals surface area (Å²) in [6, 6.07) is 2.25. The Morgan fingerprint density at radius 2 is 1.26 bits per heavy atom. The van der Waals surface area contributed by atoms with Crippen LogP contribution in [0.2, 0.25) is 0 Å². The van der Waals surface area contributed by atoms with E-state index in [9.17, 15) is 0 Å². The third-order valence-electron chi connectivity index (χ3n) is 4.98. The van der Waals surface area contributed by atoms with Crippen LogP contribution < -0.4 is 4.57 Å². The van der Waals surface area contributed by atoms with E-state index in [2.05, 4.69) is 57.9 Å². The van der Waals surface area contributed by atoms with Crippen molar-refractivity contribution in [3.63, 3.8) is 0 Å². The molecule has 0 radical (unpaired) electrons. The van der Waals surface area contributed by atoms with Crippen molar-refractivity contribution in [3.8, 4) is 0 Å². The van der Waals surface area contributed by atoms with Crippen LogP contribution in [0.5, 0.6) is 0 Å². The number of aromatic nitrogens is 1. The van der Waals surface area contributed by atoms with Crippen LogP contribution >= 0.6 is 0 Å². The molecular weight excluding hydrogens is 280 g/mol. The third kappa shape index (κ3) is 9.76. The van der Waals surface area contributed by atoms with Crippen molar-refractivity contribution in [2.75, 3.05) is 27.2 Å². The zero-order valence-corrected chi connectivity index (χ0v) is 16.4. The molecule has 0 aliphatic carbocycles. The maximum absolute atomic E-state index is 2.36. The van der Waals surface area contributed by atoms with Crippen molar-refractivity contribution in [1.82, 2.24) is 0 Å². The fourth-order valence-electron chi connectivity index (χ4n) is 3.18.